The molecule has 1 amide bonds. The van der Waals surface area contributed by atoms with E-state index in [1.54, 1.807) is 46.4 Å². The van der Waals surface area contributed by atoms with Crippen molar-refractivity contribution in [1.29, 1.82) is 5.26 Å². The normalized spacial score (nSPS) is 15.2. The van der Waals surface area contributed by atoms with Crippen LogP contribution in [0, 0.1) is 11.3 Å². The molecule has 4 rings (SSSR count). The Balaban J connectivity index is 1.81. The number of likely N-dealkylation sites (N-methyl/N-ethyl adjacent to an activating group) is 1. The van der Waals surface area contributed by atoms with E-state index in [1.807, 2.05) is 36.4 Å². The van der Waals surface area contributed by atoms with E-state index in [0.717, 1.165) is 31.4 Å². The number of hydrogen-bond acceptors (Lipinski definition) is 5. The van der Waals surface area contributed by atoms with Crippen LogP contribution in [0.2, 0.25) is 0 Å². The molecule has 36 heavy (non-hydrogen) atoms. The predicted molar refractivity (Wildman–Crippen MR) is 139 cm³/mol. The summed E-state index contributed by atoms with van der Waals surface area (Å²) in [6, 6.07) is 18.1. The molecular formula is C27H29N5O3S. The van der Waals surface area contributed by atoms with Gasteiger partial charge in [0.15, 0.2) is 0 Å². The monoisotopic (exact) mass is 503 g/mol. The minimum atomic E-state index is -3.66. The number of hydrogen-bond donors (Lipinski definition) is 1. The number of nitriles is 1. The van der Waals surface area contributed by atoms with Gasteiger partial charge in [-0.2, -0.15) is 14.7 Å². The van der Waals surface area contributed by atoms with Crippen molar-refractivity contribution in [3.05, 3.63) is 71.9 Å². The number of sulfonamides is 1. The van der Waals surface area contributed by atoms with Crippen LogP contribution in [-0.2, 0) is 14.8 Å². The van der Waals surface area contributed by atoms with Gasteiger partial charge >= 0.3 is 0 Å². The molecular weight excluding hydrogens is 474 g/mol. The first kappa shape index (κ1) is 25.4. The van der Waals surface area contributed by atoms with Gasteiger partial charge in [0.05, 0.1) is 10.6 Å². The second-order valence-corrected chi connectivity index (χ2v) is 10.5. The Hall–Kier alpha value is -3.74. The number of rotatable bonds is 7. The van der Waals surface area contributed by atoms with E-state index in [1.165, 1.54) is 6.08 Å². The summed E-state index contributed by atoms with van der Waals surface area (Å²) in [5.41, 5.74) is 2.33. The Morgan fingerprint density at radius 1 is 1.08 bits per heavy atom. The van der Waals surface area contributed by atoms with Crippen LogP contribution in [0.15, 0.2) is 71.3 Å². The number of nitrogens with one attached hydrogen (secondary N) is 1. The molecule has 0 saturated carbocycles. The molecule has 0 aliphatic carbocycles. The van der Waals surface area contributed by atoms with Crippen LogP contribution < -0.4 is 5.32 Å². The zero-order chi connectivity index (χ0) is 25.5. The van der Waals surface area contributed by atoms with Crippen LogP contribution in [-0.4, -0.2) is 48.0 Å². The Morgan fingerprint density at radius 3 is 2.47 bits per heavy atom. The number of carbonyl (C=O) groups excluding carboxylic acids is 1. The van der Waals surface area contributed by atoms with Gasteiger partial charge in [-0.05, 0) is 50.1 Å². The lowest BCUT2D eigenvalue weighted by Crippen LogP contribution is -2.31. The van der Waals surface area contributed by atoms with Crippen LogP contribution >= 0.6 is 0 Å². The zero-order valence-electron chi connectivity index (χ0n) is 20.2. The van der Waals surface area contributed by atoms with Gasteiger partial charge in [0.25, 0.3) is 5.91 Å². The minimum absolute atomic E-state index is 0.0564. The third kappa shape index (κ3) is 5.56. The molecule has 2 aromatic carbocycles. The highest BCUT2D eigenvalue weighted by atomic mass is 32.2. The molecule has 0 bridgehead atoms. The third-order valence-electron chi connectivity index (χ3n) is 6.08. The summed E-state index contributed by atoms with van der Waals surface area (Å²) in [6.07, 6.45) is 7.00. The lowest BCUT2D eigenvalue weighted by molar-refractivity contribution is -0.116. The molecule has 0 atom stereocenters. The van der Waals surface area contributed by atoms with Crippen LogP contribution in [0.1, 0.15) is 38.2 Å². The highest BCUT2D eigenvalue weighted by molar-refractivity contribution is 7.89. The minimum Gasteiger partial charge on any atom is -0.352 e. The maximum atomic E-state index is 13.4. The van der Waals surface area contributed by atoms with Crippen molar-refractivity contribution < 1.29 is 13.2 Å². The lowest BCUT2D eigenvalue weighted by atomic mass is 10.1. The first-order valence-corrected chi connectivity index (χ1v) is 13.5. The van der Waals surface area contributed by atoms with Crippen LogP contribution in [0.25, 0.3) is 23.0 Å². The first-order valence-electron chi connectivity index (χ1n) is 12.1. The second kappa shape index (κ2) is 11.3. The summed E-state index contributed by atoms with van der Waals surface area (Å²) >= 11 is 0. The molecule has 1 fully saturated rings. The summed E-state index contributed by atoms with van der Waals surface area (Å²) < 4.78 is 30.0. The molecule has 0 unspecified atom stereocenters. The summed E-state index contributed by atoms with van der Waals surface area (Å²) in [6.45, 7) is 3.20. The quantitative estimate of drug-likeness (QED) is 0.385. The third-order valence-corrected chi connectivity index (χ3v) is 7.97. The van der Waals surface area contributed by atoms with Gasteiger partial charge in [0.2, 0.25) is 10.0 Å². The van der Waals surface area contributed by atoms with Gasteiger partial charge in [0, 0.05) is 37.0 Å². The Labute approximate surface area is 211 Å². The molecule has 1 saturated heterocycles. The number of carbonyl (C=O) groups is 1. The van der Waals surface area contributed by atoms with Crippen LogP contribution in [0.3, 0.4) is 0 Å². The smallest absolute Gasteiger partial charge is 0.261 e. The average Bonchev–Trinajstić information content (AvgIpc) is 3.11. The van der Waals surface area contributed by atoms with Gasteiger partial charge < -0.3 is 5.32 Å². The molecule has 0 radical (unpaired) electrons. The van der Waals surface area contributed by atoms with Gasteiger partial charge in [-0.1, -0.05) is 43.2 Å². The highest BCUT2D eigenvalue weighted by Crippen LogP contribution is 2.29. The van der Waals surface area contributed by atoms with Gasteiger partial charge in [-0.25, -0.2) is 13.1 Å². The average molecular weight is 504 g/mol. The molecule has 186 valence electrons. The summed E-state index contributed by atoms with van der Waals surface area (Å²) in [4.78, 5) is 12.6. The molecule has 1 N–H and O–H groups in total. The molecule has 2 heterocycles. The van der Waals surface area contributed by atoms with E-state index in [2.05, 4.69) is 5.32 Å². The molecule has 1 aliphatic rings. The molecule has 8 nitrogen and oxygen atoms in total. The predicted octanol–water partition coefficient (Wildman–Crippen LogP) is 4.15. The largest absolute Gasteiger partial charge is 0.352 e. The fourth-order valence-electron chi connectivity index (χ4n) is 4.23. The van der Waals surface area contributed by atoms with E-state index in [0.29, 0.717) is 36.5 Å². The number of amides is 1. The van der Waals surface area contributed by atoms with E-state index >= 15 is 0 Å². The van der Waals surface area contributed by atoms with E-state index < -0.39 is 15.9 Å². The molecule has 0 spiro atoms. The molecule has 9 heteroatoms. The van der Waals surface area contributed by atoms with Gasteiger partial charge in [-0.3, -0.25) is 4.79 Å². The molecule has 3 aromatic rings. The van der Waals surface area contributed by atoms with Gasteiger partial charge in [-0.15, -0.1) is 0 Å². The highest BCUT2D eigenvalue weighted by Gasteiger charge is 2.26. The fourth-order valence-corrected chi connectivity index (χ4v) is 5.79. The van der Waals surface area contributed by atoms with E-state index in [-0.39, 0.29) is 10.5 Å². The Morgan fingerprint density at radius 2 is 1.81 bits per heavy atom. The molecule has 1 aliphatic heterocycles. The lowest BCUT2D eigenvalue weighted by Gasteiger charge is -2.20. The maximum absolute atomic E-state index is 13.4. The van der Waals surface area contributed by atoms with Crippen molar-refractivity contribution in [3.63, 3.8) is 0 Å². The Kier molecular flexibility index (Phi) is 7.98. The summed E-state index contributed by atoms with van der Waals surface area (Å²) in [5.74, 6) is -0.476. The second-order valence-electron chi connectivity index (χ2n) is 8.59. The fraction of sp³-hybridized carbons (Fsp3) is 0.296. The SMILES string of the molecule is CCNC(=O)/C(C#N)=C\c1cn(-c2ccccc2)nc1-c1cccc(S(=O)(=O)N2CCCCCC2)c1. The van der Waals surface area contributed by atoms with Crippen LogP contribution in [0.5, 0.6) is 0 Å². The first-order chi connectivity index (χ1) is 17.4. The van der Waals surface area contributed by atoms with Crippen molar-refractivity contribution in [2.45, 2.75) is 37.5 Å². The number of benzene rings is 2. The van der Waals surface area contributed by atoms with Crippen LogP contribution in [0.4, 0.5) is 0 Å². The Bertz CT molecular complexity index is 1400. The standard InChI is InChI=1S/C27H29N5O3S/c1-2-29-27(33)22(19-28)17-23-20-32(24-12-6-5-7-13-24)30-26(23)21-11-10-14-25(18-21)36(34,35)31-15-8-3-4-9-16-31/h5-7,10-14,17-18,20H,2-4,8-9,15-16H2,1H3,(H,29,33)/b22-17-. The molecule has 1 aromatic heterocycles. The van der Waals surface area contributed by atoms with Crippen molar-refractivity contribution in [3.8, 4) is 23.0 Å². The van der Waals surface area contributed by atoms with Crippen molar-refractivity contribution in [2.75, 3.05) is 19.6 Å². The topological polar surface area (TPSA) is 108 Å². The van der Waals surface area contributed by atoms with Gasteiger partial charge in [0.1, 0.15) is 17.3 Å². The van der Waals surface area contributed by atoms with Crippen molar-refractivity contribution in [1.82, 2.24) is 19.4 Å². The zero-order valence-corrected chi connectivity index (χ0v) is 21.0. The summed E-state index contributed by atoms with van der Waals surface area (Å²) in [7, 11) is -3.66. The number of aromatic nitrogens is 2. The summed E-state index contributed by atoms with van der Waals surface area (Å²) in [5, 5.41) is 17.0. The maximum Gasteiger partial charge on any atom is 0.261 e. The van der Waals surface area contributed by atoms with E-state index in [9.17, 15) is 18.5 Å². The van der Waals surface area contributed by atoms with E-state index in [4.69, 9.17) is 5.10 Å². The number of nitrogens with zero attached hydrogens (tertiary/aromatic N) is 4. The number of para-hydroxylation sites is 1. The van der Waals surface area contributed by atoms with Crippen molar-refractivity contribution >= 4 is 22.0 Å². The van der Waals surface area contributed by atoms with Crippen molar-refractivity contribution in [2.24, 2.45) is 0 Å².